The van der Waals surface area contributed by atoms with Gasteiger partial charge in [0.15, 0.2) is 0 Å². The van der Waals surface area contributed by atoms with Gasteiger partial charge in [0.25, 0.3) is 0 Å². The van der Waals surface area contributed by atoms with E-state index in [0.717, 1.165) is 38.5 Å². The molecule has 2 unspecified atom stereocenters. The lowest BCUT2D eigenvalue weighted by Crippen LogP contribution is -2.48. The van der Waals surface area contributed by atoms with E-state index in [0.29, 0.717) is 0 Å². The predicted octanol–water partition coefficient (Wildman–Crippen LogP) is 1.71. The lowest BCUT2D eigenvalue weighted by atomic mass is 9.90. The van der Waals surface area contributed by atoms with E-state index in [1.807, 2.05) is 7.05 Å². The summed E-state index contributed by atoms with van der Waals surface area (Å²) in [5, 5.41) is 9.92. The van der Waals surface area contributed by atoms with Crippen LogP contribution < -0.4 is 0 Å². The van der Waals surface area contributed by atoms with Gasteiger partial charge in [-0.05, 0) is 25.7 Å². The standard InChI is InChI=1S/C13H21NO2/c1-14(11-8-4-5-9-12(11)15)13(16)10-6-2-3-7-10/h2-3,10-12,15H,4-9H2,1H3. The van der Waals surface area contributed by atoms with Crippen LogP contribution in [0.3, 0.4) is 0 Å². The van der Waals surface area contributed by atoms with E-state index in [4.69, 9.17) is 0 Å². The highest BCUT2D eigenvalue weighted by atomic mass is 16.3. The first-order valence-corrected chi connectivity index (χ1v) is 6.30. The van der Waals surface area contributed by atoms with E-state index in [2.05, 4.69) is 12.2 Å². The molecule has 0 aromatic carbocycles. The van der Waals surface area contributed by atoms with Gasteiger partial charge in [-0.1, -0.05) is 25.0 Å². The number of likely N-dealkylation sites (N-methyl/N-ethyl adjacent to an activating group) is 1. The Morgan fingerprint density at radius 1 is 1.25 bits per heavy atom. The van der Waals surface area contributed by atoms with Crippen molar-refractivity contribution >= 4 is 5.91 Å². The Kier molecular flexibility index (Phi) is 3.64. The molecule has 90 valence electrons. The number of aliphatic hydroxyl groups excluding tert-OH is 1. The van der Waals surface area contributed by atoms with Crippen LogP contribution in [0, 0.1) is 5.92 Å². The van der Waals surface area contributed by atoms with E-state index in [-0.39, 0.29) is 24.0 Å². The molecule has 3 nitrogen and oxygen atoms in total. The summed E-state index contributed by atoms with van der Waals surface area (Å²) >= 11 is 0. The summed E-state index contributed by atoms with van der Waals surface area (Å²) in [5.41, 5.74) is 0. The van der Waals surface area contributed by atoms with Crippen molar-refractivity contribution in [2.24, 2.45) is 5.92 Å². The Labute approximate surface area is 97.1 Å². The molecule has 1 saturated carbocycles. The molecular weight excluding hydrogens is 202 g/mol. The quantitative estimate of drug-likeness (QED) is 0.724. The lowest BCUT2D eigenvalue weighted by Gasteiger charge is -2.36. The van der Waals surface area contributed by atoms with Crippen LogP contribution in [0.2, 0.25) is 0 Å². The Morgan fingerprint density at radius 2 is 1.88 bits per heavy atom. The maximum Gasteiger partial charge on any atom is 0.226 e. The van der Waals surface area contributed by atoms with Crippen LogP contribution in [0.15, 0.2) is 12.2 Å². The average molecular weight is 223 g/mol. The summed E-state index contributed by atoms with van der Waals surface area (Å²) in [4.78, 5) is 14.0. The summed E-state index contributed by atoms with van der Waals surface area (Å²) < 4.78 is 0. The molecule has 0 bridgehead atoms. The molecule has 2 aliphatic rings. The number of allylic oxidation sites excluding steroid dienone is 2. The second kappa shape index (κ2) is 5.00. The first kappa shape index (κ1) is 11.6. The lowest BCUT2D eigenvalue weighted by molar-refractivity contribution is -0.139. The molecule has 2 atom stereocenters. The zero-order chi connectivity index (χ0) is 11.5. The molecule has 1 N–H and O–H groups in total. The molecular formula is C13H21NO2. The Balaban J connectivity index is 1.94. The second-order valence-electron chi connectivity index (χ2n) is 5.01. The number of amides is 1. The Bertz CT molecular complexity index is 280. The minimum atomic E-state index is -0.322. The largest absolute Gasteiger partial charge is 0.391 e. The van der Waals surface area contributed by atoms with E-state index in [1.54, 1.807) is 4.90 Å². The fraction of sp³-hybridized carbons (Fsp3) is 0.769. The molecule has 2 rings (SSSR count). The van der Waals surface area contributed by atoms with Gasteiger partial charge in [0.2, 0.25) is 5.91 Å². The minimum absolute atomic E-state index is 0.0434. The molecule has 1 fully saturated rings. The van der Waals surface area contributed by atoms with E-state index in [1.165, 1.54) is 0 Å². The van der Waals surface area contributed by atoms with Gasteiger partial charge in [0.05, 0.1) is 12.1 Å². The highest BCUT2D eigenvalue weighted by Gasteiger charge is 2.32. The number of aliphatic hydroxyl groups is 1. The molecule has 0 aliphatic heterocycles. The molecule has 3 heteroatoms. The van der Waals surface area contributed by atoms with Crippen molar-refractivity contribution in [3.8, 4) is 0 Å². The van der Waals surface area contributed by atoms with Gasteiger partial charge in [-0.2, -0.15) is 0 Å². The van der Waals surface area contributed by atoms with Crippen molar-refractivity contribution in [1.82, 2.24) is 4.90 Å². The van der Waals surface area contributed by atoms with Crippen LogP contribution in [-0.2, 0) is 4.79 Å². The monoisotopic (exact) mass is 223 g/mol. The van der Waals surface area contributed by atoms with Crippen LogP contribution in [0.4, 0.5) is 0 Å². The highest BCUT2D eigenvalue weighted by Crippen LogP contribution is 2.26. The van der Waals surface area contributed by atoms with Crippen LogP contribution in [-0.4, -0.2) is 35.1 Å². The summed E-state index contributed by atoms with van der Waals surface area (Å²) in [6, 6.07) is 0.0434. The fourth-order valence-corrected chi connectivity index (χ4v) is 2.81. The van der Waals surface area contributed by atoms with E-state index in [9.17, 15) is 9.90 Å². The molecule has 0 heterocycles. The van der Waals surface area contributed by atoms with E-state index < -0.39 is 0 Å². The minimum Gasteiger partial charge on any atom is -0.391 e. The molecule has 0 spiro atoms. The summed E-state index contributed by atoms with van der Waals surface area (Å²) in [7, 11) is 1.85. The summed E-state index contributed by atoms with van der Waals surface area (Å²) in [6.45, 7) is 0. The van der Waals surface area contributed by atoms with Crippen LogP contribution in [0.5, 0.6) is 0 Å². The zero-order valence-corrected chi connectivity index (χ0v) is 9.93. The normalized spacial score (nSPS) is 30.6. The average Bonchev–Trinajstić information content (AvgIpc) is 2.81. The molecule has 16 heavy (non-hydrogen) atoms. The second-order valence-corrected chi connectivity index (χ2v) is 5.01. The van der Waals surface area contributed by atoms with Gasteiger partial charge in [0.1, 0.15) is 0 Å². The third kappa shape index (κ3) is 2.29. The molecule has 1 amide bonds. The number of carbonyl (C=O) groups excluding carboxylic acids is 1. The maximum absolute atomic E-state index is 12.2. The zero-order valence-electron chi connectivity index (χ0n) is 9.93. The SMILES string of the molecule is CN(C(=O)C1CC=CC1)C1CCCCC1O. The van der Waals surface area contributed by atoms with Crippen molar-refractivity contribution in [2.75, 3.05) is 7.05 Å². The van der Waals surface area contributed by atoms with Crippen molar-refractivity contribution in [3.05, 3.63) is 12.2 Å². The number of rotatable bonds is 2. The topological polar surface area (TPSA) is 40.5 Å². The van der Waals surface area contributed by atoms with Gasteiger partial charge in [0, 0.05) is 13.0 Å². The van der Waals surface area contributed by atoms with Gasteiger partial charge in [-0.25, -0.2) is 0 Å². The van der Waals surface area contributed by atoms with Crippen LogP contribution >= 0.6 is 0 Å². The third-order valence-electron chi connectivity index (χ3n) is 3.90. The molecule has 0 radical (unpaired) electrons. The van der Waals surface area contributed by atoms with Crippen LogP contribution in [0.25, 0.3) is 0 Å². The molecule has 0 aromatic rings. The number of carbonyl (C=O) groups is 1. The van der Waals surface area contributed by atoms with E-state index >= 15 is 0 Å². The van der Waals surface area contributed by atoms with Crippen LogP contribution in [0.1, 0.15) is 38.5 Å². The van der Waals surface area contributed by atoms with Gasteiger partial charge in [-0.15, -0.1) is 0 Å². The maximum atomic E-state index is 12.2. The van der Waals surface area contributed by atoms with Crippen molar-refractivity contribution < 1.29 is 9.90 Å². The Hall–Kier alpha value is -0.830. The number of nitrogens with zero attached hydrogens (tertiary/aromatic N) is 1. The third-order valence-corrected chi connectivity index (χ3v) is 3.90. The Morgan fingerprint density at radius 3 is 2.50 bits per heavy atom. The first-order valence-electron chi connectivity index (χ1n) is 6.30. The van der Waals surface area contributed by atoms with Gasteiger partial charge >= 0.3 is 0 Å². The first-order chi connectivity index (χ1) is 7.70. The smallest absolute Gasteiger partial charge is 0.226 e. The van der Waals surface area contributed by atoms with Crippen molar-refractivity contribution in [1.29, 1.82) is 0 Å². The molecule has 0 saturated heterocycles. The highest BCUT2D eigenvalue weighted by molar-refractivity contribution is 5.79. The van der Waals surface area contributed by atoms with Gasteiger partial charge in [-0.3, -0.25) is 4.79 Å². The predicted molar refractivity (Wildman–Crippen MR) is 62.9 cm³/mol. The fourth-order valence-electron chi connectivity index (χ4n) is 2.81. The summed E-state index contributed by atoms with van der Waals surface area (Å²) in [6.07, 6.45) is 9.57. The van der Waals surface area contributed by atoms with Crippen molar-refractivity contribution in [2.45, 2.75) is 50.7 Å². The van der Waals surface area contributed by atoms with Crippen molar-refractivity contribution in [3.63, 3.8) is 0 Å². The summed E-state index contributed by atoms with van der Waals surface area (Å²) in [5.74, 6) is 0.329. The molecule has 2 aliphatic carbocycles. The number of hydrogen-bond donors (Lipinski definition) is 1. The number of hydrogen-bond acceptors (Lipinski definition) is 2. The van der Waals surface area contributed by atoms with Gasteiger partial charge < -0.3 is 10.0 Å². The molecule has 0 aromatic heterocycles.